The lowest BCUT2D eigenvalue weighted by Gasteiger charge is -2.09. The lowest BCUT2D eigenvalue weighted by Crippen LogP contribution is -2.01. The van der Waals surface area contributed by atoms with E-state index in [2.05, 4.69) is 32.2 Å². The van der Waals surface area contributed by atoms with Crippen molar-refractivity contribution in [2.75, 3.05) is 12.4 Å². The van der Waals surface area contributed by atoms with Crippen LogP contribution in [0.5, 0.6) is 0 Å². The maximum absolute atomic E-state index is 4.29. The average molecular weight is 247 g/mol. The topological polar surface area (TPSA) is 63.6 Å². The van der Waals surface area contributed by atoms with Crippen molar-refractivity contribution in [1.29, 1.82) is 0 Å². The van der Waals surface area contributed by atoms with Gasteiger partial charge in [-0.2, -0.15) is 0 Å². The summed E-state index contributed by atoms with van der Waals surface area (Å²) < 4.78 is 0. The fraction of sp³-hybridized carbons (Fsp3) is 0.273. The molecule has 0 aliphatic rings. The van der Waals surface area contributed by atoms with Crippen LogP contribution in [0.2, 0.25) is 0 Å². The maximum atomic E-state index is 4.29. The molecule has 0 unspecified atom stereocenters. The highest BCUT2D eigenvalue weighted by Gasteiger charge is 2.10. The van der Waals surface area contributed by atoms with Gasteiger partial charge in [-0.15, -0.1) is 0 Å². The molecule has 2 rings (SSSR count). The molecule has 0 radical (unpaired) electrons. The fourth-order valence-corrected chi connectivity index (χ4v) is 2.31. The predicted molar refractivity (Wildman–Crippen MR) is 67.1 cm³/mol. The van der Waals surface area contributed by atoms with Crippen molar-refractivity contribution < 1.29 is 0 Å². The van der Waals surface area contributed by atoms with E-state index in [1.807, 2.05) is 7.05 Å². The van der Waals surface area contributed by atoms with E-state index >= 15 is 0 Å². The Morgan fingerprint density at radius 1 is 1.18 bits per heavy atom. The Kier molecular flexibility index (Phi) is 3.87. The fourth-order valence-electron chi connectivity index (χ4n) is 1.44. The van der Waals surface area contributed by atoms with Crippen molar-refractivity contribution in [2.24, 2.45) is 0 Å². The van der Waals surface area contributed by atoms with Crippen LogP contribution in [0, 0.1) is 0 Å². The SMILES string of the molecule is CCc1c(NC)ncnc1Sc1ncccn1. The van der Waals surface area contributed by atoms with E-state index in [9.17, 15) is 0 Å². The molecule has 0 aliphatic carbocycles. The van der Waals surface area contributed by atoms with Crippen molar-refractivity contribution >= 4 is 17.6 Å². The number of anilines is 1. The highest BCUT2D eigenvalue weighted by Crippen LogP contribution is 2.28. The van der Waals surface area contributed by atoms with Gasteiger partial charge in [-0.05, 0) is 24.2 Å². The monoisotopic (exact) mass is 247 g/mol. The Labute approximate surface area is 104 Å². The third-order valence-electron chi connectivity index (χ3n) is 2.23. The van der Waals surface area contributed by atoms with Crippen LogP contribution in [0.3, 0.4) is 0 Å². The molecule has 0 amide bonds. The van der Waals surface area contributed by atoms with E-state index in [0.29, 0.717) is 5.16 Å². The molecule has 0 saturated heterocycles. The first-order valence-corrected chi connectivity index (χ1v) is 6.13. The zero-order valence-electron chi connectivity index (χ0n) is 9.71. The van der Waals surface area contributed by atoms with Crippen LogP contribution in [0.15, 0.2) is 35.0 Å². The van der Waals surface area contributed by atoms with E-state index < -0.39 is 0 Å². The minimum absolute atomic E-state index is 0.697. The van der Waals surface area contributed by atoms with Crippen LogP contribution in [-0.4, -0.2) is 27.0 Å². The van der Waals surface area contributed by atoms with Crippen molar-refractivity contribution in [3.63, 3.8) is 0 Å². The lowest BCUT2D eigenvalue weighted by atomic mass is 10.2. The highest BCUT2D eigenvalue weighted by atomic mass is 32.2. The largest absolute Gasteiger partial charge is 0.373 e. The van der Waals surface area contributed by atoms with Crippen LogP contribution >= 0.6 is 11.8 Å². The number of nitrogens with one attached hydrogen (secondary N) is 1. The first-order valence-electron chi connectivity index (χ1n) is 5.31. The van der Waals surface area contributed by atoms with Crippen molar-refractivity contribution in [2.45, 2.75) is 23.5 Å². The van der Waals surface area contributed by atoms with Gasteiger partial charge in [0.2, 0.25) is 0 Å². The molecular weight excluding hydrogens is 234 g/mol. The number of rotatable bonds is 4. The van der Waals surface area contributed by atoms with E-state index in [-0.39, 0.29) is 0 Å². The number of hydrogen-bond acceptors (Lipinski definition) is 6. The van der Waals surface area contributed by atoms with E-state index in [4.69, 9.17) is 0 Å². The van der Waals surface area contributed by atoms with Gasteiger partial charge in [-0.1, -0.05) is 6.92 Å². The van der Waals surface area contributed by atoms with E-state index in [1.54, 1.807) is 24.8 Å². The average Bonchev–Trinajstić information content (AvgIpc) is 2.39. The summed E-state index contributed by atoms with van der Waals surface area (Å²) in [5.41, 5.74) is 1.09. The van der Waals surface area contributed by atoms with Crippen molar-refractivity contribution in [3.8, 4) is 0 Å². The molecule has 0 saturated carbocycles. The maximum Gasteiger partial charge on any atom is 0.193 e. The molecule has 2 aromatic rings. The second kappa shape index (κ2) is 5.58. The normalized spacial score (nSPS) is 10.2. The third kappa shape index (κ3) is 2.71. The van der Waals surface area contributed by atoms with Gasteiger partial charge >= 0.3 is 0 Å². The summed E-state index contributed by atoms with van der Waals surface area (Å²) >= 11 is 1.45. The molecule has 0 atom stereocenters. The van der Waals surface area contributed by atoms with Gasteiger partial charge in [0.05, 0.1) is 0 Å². The van der Waals surface area contributed by atoms with Gasteiger partial charge in [0.25, 0.3) is 0 Å². The summed E-state index contributed by atoms with van der Waals surface area (Å²) in [6, 6.07) is 1.80. The molecule has 6 heteroatoms. The first kappa shape index (κ1) is 11.8. The van der Waals surface area contributed by atoms with Crippen LogP contribution in [0.4, 0.5) is 5.82 Å². The summed E-state index contributed by atoms with van der Waals surface area (Å²) in [4.78, 5) is 16.8. The summed E-state index contributed by atoms with van der Waals surface area (Å²) in [7, 11) is 1.86. The predicted octanol–water partition coefficient (Wildman–Crippen LogP) is 2.02. The summed E-state index contributed by atoms with van der Waals surface area (Å²) in [6.07, 6.45) is 5.87. The molecule has 5 nitrogen and oxygen atoms in total. The Morgan fingerprint density at radius 2 is 1.94 bits per heavy atom. The van der Waals surface area contributed by atoms with Crippen LogP contribution < -0.4 is 5.32 Å². The summed E-state index contributed by atoms with van der Waals surface area (Å²) in [6.45, 7) is 2.08. The van der Waals surface area contributed by atoms with Gasteiger partial charge in [0.1, 0.15) is 17.2 Å². The van der Waals surface area contributed by atoms with Crippen LogP contribution in [0.25, 0.3) is 0 Å². The molecule has 0 aliphatic heterocycles. The molecule has 2 heterocycles. The third-order valence-corrected chi connectivity index (χ3v) is 3.16. The highest BCUT2D eigenvalue weighted by molar-refractivity contribution is 7.99. The summed E-state index contributed by atoms with van der Waals surface area (Å²) in [5, 5.41) is 4.67. The summed E-state index contributed by atoms with van der Waals surface area (Å²) in [5.74, 6) is 0.862. The number of hydrogen-bond donors (Lipinski definition) is 1. The molecule has 0 spiro atoms. The Morgan fingerprint density at radius 3 is 2.59 bits per heavy atom. The molecule has 0 aromatic carbocycles. The molecule has 17 heavy (non-hydrogen) atoms. The van der Waals surface area contributed by atoms with Crippen LogP contribution in [-0.2, 0) is 6.42 Å². The second-order valence-corrected chi connectivity index (χ2v) is 4.20. The van der Waals surface area contributed by atoms with Crippen molar-refractivity contribution in [1.82, 2.24) is 19.9 Å². The van der Waals surface area contributed by atoms with Gasteiger partial charge in [0, 0.05) is 25.0 Å². The van der Waals surface area contributed by atoms with Gasteiger partial charge in [0.15, 0.2) is 5.16 Å². The molecule has 0 fully saturated rings. The first-order chi connectivity index (χ1) is 8.35. The van der Waals surface area contributed by atoms with Gasteiger partial charge in [-0.3, -0.25) is 0 Å². The molecule has 0 bridgehead atoms. The van der Waals surface area contributed by atoms with Gasteiger partial charge in [-0.25, -0.2) is 19.9 Å². The number of nitrogens with zero attached hydrogens (tertiary/aromatic N) is 4. The Hall–Kier alpha value is -1.69. The number of aromatic nitrogens is 4. The van der Waals surface area contributed by atoms with E-state index in [1.165, 1.54) is 11.8 Å². The Balaban J connectivity index is 2.33. The Bertz CT molecular complexity index is 488. The zero-order chi connectivity index (χ0) is 12.1. The quantitative estimate of drug-likeness (QED) is 0.658. The minimum atomic E-state index is 0.697. The molecule has 2 aromatic heterocycles. The second-order valence-electron chi connectivity index (χ2n) is 3.24. The van der Waals surface area contributed by atoms with E-state index in [0.717, 1.165) is 22.8 Å². The van der Waals surface area contributed by atoms with Gasteiger partial charge < -0.3 is 5.32 Å². The van der Waals surface area contributed by atoms with Crippen LogP contribution in [0.1, 0.15) is 12.5 Å². The molecule has 1 N–H and O–H groups in total. The minimum Gasteiger partial charge on any atom is -0.373 e. The standard InChI is InChI=1S/C11H13N5S/c1-3-8-9(12-2)15-7-16-10(8)17-11-13-5-4-6-14-11/h4-7H,3H2,1-2H3,(H,12,15,16). The molecule has 88 valence electrons. The molecular formula is C11H13N5S. The van der Waals surface area contributed by atoms with Crippen molar-refractivity contribution in [3.05, 3.63) is 30.4 Å². The lowest BCUT2D eigenvalue weighted by molar-refractivity contribution is 0.923. The zero-order valence-corrected chi connectivity index (χ0v) is 10.5. The smallest absolute Gasteiger partial charge is 0.193 e.